The molecule has 0 saturated heterocycles. The third-order valence-corrected chi connectivity index (χ3v) is 7.29. The Morgan fingerprint density at radius 1 is 0.833 bits per heavy atom. The smallest absolute Gasteiger partial charge is 0.341 e. The molecule has 1 N–H and O–H groups in total. The van der Waals surface area contributed by atoms with Gasteiger partial charge < -0.3 is 14.6 Å². The Labute approximate surface area is 207 Å². The first-order valence-electron chi connectivity index (χ1n) is 12.4. The zero-order valence-corrected chi connectivity index (χ0v) is 20.0. The number of aliphatic hydroxyl groups is 1. The number of hydrogen-bond donors (Lipinski definition) is 1. The molecular formula is C28H30F4O4. The van der Waals surface area contributed by atoms with Crippen molar-refractivity contribution in [1.29, 1.82) is 0 Å². The summed E-state index contributed by atoms with van der Waals surface area (Å²) < 4.78 is 69.0. The van der Waals surface area contributed by atoms with E-state index in [2.05, 4.69) is 6.58 Å². The van der Waals surface area contributed by atoms with Crippen LogP contribution in [0.2, 0.25) is 0 Å². The second-order valence-electron chi connectivity index (χ2n) is 9.60. The summed E-state index contributed by atoms with van der Waals surface area (Å²) in [7, 11) is 0. The monoisotopic (exact) mass is 506 g/mol. The average molecular weight is 507 g/mol. The molecule has 2 aromatic carbocycles. The summed E-state index contributed by atoms with van der Waals surface area (Å²) in [5.74, 6) is -5.86. The van der Waals surface area contributed by atoms with E-state index >= 15 is 0 Å². The fraction of sp³-hybridized carbons (Fsp3) is 0.464. The Kier molecular flexibility index (Phi) is 8.34. The van der Waals surface area contributed by atoms with Gasteiger partial charge in [-0.05, 0) is 86.5 Å². The number of halogens is 4. The van der Waals surface area contributed by atoms with Crippen LogP contribution < -0.4 is 4.74 Å². The number of benzene rings is 2. The number of carbonyl (C=O) groups is 1. The molecule has 4 nitrogen and oxygen atoms in total. The van der Waals surface area contributed by atoms with Crippen molar-refractivity contribution in [3.8, 4) is 5.75 Å². The maximum absolute atomic E-state index is 14.8. The van der Waals surface area contributed by atoms with Crippen molar-refractivity contribution in [3.05, 3.63) is 76.9 Å². The van der Waals surface area contributed by atoms with Gasteiger partial charge in [0.05, 0.1) is 11.7 Å². The van der Waals surface area contributed by atoms with Gasteiger partial charge in [0.1, 0.15) is 12.7 Å². The standard InChI is InChI=1S/C28H30F4O4/c1-2-15-35-23-14-13-21(25(30)27(23)32)17-5-9-19(10-6-17)36-28(34)22-12-11-20(24(29)26(22)31)16-3-7-18(33)8-4-16/h2,11-14,16-19,33H,1,3-10,15H2. The largest absolute Gasteiger partial charge is 0.486 e. The van der Waals surface area contributed by atoms with Crippen LogP contribution >= 0.6 is 0 Å². The lowest BCUT2D eigenvalue weighted by Crippen LogP contribution is -2.25. The van der Waals surface area contributed by atoms with Gasteiger partial charge in [-0.3, -0.25) is 0 Å². The predicted octanol–water partition coefficient (Wildman–Crippen LogP) is 6.71. The second-order valence-corrected chi connectivity index (χ2v) is 9.60. The van der Waals surface area contributed by atoms with Crippen LogP contribution in [0.15, 0.2) is 36.9 Å². The number of hydrogen-bond acceptors (Lipinski definition) is 4. The highest BCUT2D eigenvalue weighted by Gasteiger charge is 2.31. The van der Waals surface area contributed by atoms with E-state index in [9.17, 15) is 27.5 Å². The van der Waals surface area contributed by atoms with Crippen LogP contribution in [0.4, 0.5) is 17.6 Å². The Balaban J connectivity index is 1.36. The second kappa shape index (κ2) is 11.5. The molecule has 2 saturated carbocycles. The molecule has 0 amide bonds. The van der Waals surface area contributed by atoms with Crippen LogP contribution in [0.5, 0.6) is 5.75 Å². The fourth-order valence-electron chi connectivity index (χ4n) is 5.25. The highest BCUT2D eigenvalue weighted by atomic mass is 19.2. The summed E-state index contributed by atoms with van der Waals surface area (Å²) in [6, 6.07) is 5.56. The molecule has 2 aliphatic carbocycles. The molecule has 0 heterocycles. The van der Waals surface area contributed by atoms with Crippen molar-refractivity contribution < 1.29 is 36.9 Å². The summed E-state index contributed by atoms with van der Waals surface area (Å²) in [5.41, 5.74) is -0.00811. The van der Waals surface area contributed by atoms with Crippen molar-refractivity contribution in [1.82, 2.24) is 0 Å². The third kappa shape index (κ3) is 5.59. The molecule has 0 atom stereocenters. The molecule has 2 fully saturated rings. The molecule has 0 spiro atoms. The van der Waals surface area contributed by atoms with E-state index in [4.69, 9.17) is 9.47 Å². The normalized spacial score (nSPS) is 24.2. The van der Waals surface area contributed by atoms with Gasteiger partial charge in [0.15, 0.2) is 23.2 Å². The van der Waals surface area contributed by atoms with Gasteiger partial charge >= 0.3 is 5.97 Å². The lowest BCUT2D eigenvalue weighted by Gasteiger charge is -2.29. The quantitative estimate of drug-likeness (QED) is 0.258. The SMILES string of the molecule is C=CCOc1ccc(C2CCC(OC(=O)c3ccc(C4CCC(O)CC4)c(F)c3F)CC2)c(F)c1F. The van der Waals surface area contributed by atoms with Crippen molar-refractivity contribution >= 4 is 5.97 Å². The minimum Gasteiger partial charge on any atom is -0.486 e. The maximum Gasteiger partial charge on any atom is 0.341 e. The van der Waals surface area contributed by atoms with Gasteiger partial charge in [0.2, 0.25) is 5.82 Å². The molecule has 0 unspecified atom stereocenters. The van der Waals surface area contributed by atoms with E-state index in [0.717, 1.165) is 0 Å². The Hall–Kier alpha value is -2.87. The van der Waals surface area contributed by atoms with Gasteiger partial charge in [-0.15, -0.1) is 0 Å². The van der Waals surface area contributed by atoms with Gasteiger partial charge in [-0.1, -0.05) is 24.8 Å². The van der Waals surface area contributed by atoms with Crippen LogP contribution in [0.25, 0.3) is 0 Å². The Morgan fingerprint density at radius 2 is 1.39 bits per heavy atom. The van der Waals surface area contributed by atoms with Gasteiger partial charge in [0.25, 0.3) is 0 Å². The number of rotatable bonds is 7. The van der Waals surface area contributed by atoms with Crippen LogP contribution in [-0.2, 0) is 4.74 Å². The van der Waals surface area contributed by atoms with E-state index in [1.54, 1.807) is 0 Å². The molecule has 2 aromatic rings. The van der Waals surface area contributed by atoms with Crippen molar-refractivity contribution in [2.75, 3.05) is 6.61 Å². The van der Waals surface area contributed by atoms with Crippen LogP contribution in [0.3, 0.4) is 0 Å². The molecule has 0 radical (unpaired) electrons. The number of esters is 1. The molecule has 2 aliphatic rings. The first kappa shape index (κ1) is 26.2. The number of aliphatic hydroxyl groups excluding tert-OH is 1. The zero-order chi connectivity index (χ0) is 25.8. The maximum atomic E-state index is 14.8. The fourth-order valence-corrected chi connectivity index (χ4v) is 5.25. The third-order valence-electron chi connectivity index (χ3n) is 7.29. The summed E-state index contributed by atoms with van der Waals surface area (Å²) in [6.45, 7) is 3.54. The molecule has 0 aromatic heterocycles. The van der Waals surface area contributed by atoms with E-state index in [0.29, 0.717) is 51.4 Å². The van der Waals surface area contributed by atoms with E-state index in [1.807, 2.05) is 0 Å². The van der Waals surface area contributed by atoms with Crippen LogP contribution in [0, 0.1) is 23.3 Å². The van der Waals surface area contributed by atoms with Gasteiger partial charge in [0, 0.05) is 0 Å². The van der Waals surface area contributed by atoms with Crippen molar-refractivity contribution in [2.24, 2.45) is 0 Å². The molecule has 4 rings (SSSR count). The Morgan fingerprint density at radius 3 is 2.00 bits per heavy atom. The number of carbonyl (C=O) groups excluding carboxylic acids is 1. The van der Waals surface area contributed by atoms with Gasteiger partial charge in [-0.2, -0.15) is 4.39 Å². The zero-order valence-electron chi connectivity index (χ0n) is 20.0. The predicted molar refractivity (Wildman–Crippen MR) is 126 cm³/mol. The van der Waals surface area contributed by atoms with Gasteiger partial charge in [-0.25, -0.2) is 18.0 Å². The number of ether oxygens (including phenoxy) is 2. The molecule has 8 heteroatoms. The topological polar surface area (TPSA) is 55.8 Å². The van der Waals surface area contributed by atoms with Crippen LogP contribution in [-0.4, -0.2) is 29.9 Å². The summed E-state index contributed by atoms with van der Waals surface area (Å²) >= 11 is 0. The summed E-state index contributed by atoms with van der Waals surface area (Å²) in [6.07, 6.45) is 4.34. The van der Waals surface area contributed by atoms with Crippen LogP contribution in [0.1, 0.15) is 84.7 Å². The average Bonchev–Trinajstić information content (AvgIpc) is 2.88. The minimum absolute atomic E-state index is 0.0596. The van der Waals surface area contributed by atoms with E-state index in [1.165, 1.54) is 30.3 Å². The molecular weight excluding hydrogens is 476 g/mol. The Bertz CT molecular complexity index is 1100. The van der Waals surface area contributed by atoms with E-state index in [-0.39, 0.29) is 35.3 Å². The molecule has 36 heavy (non-hydrogen) atoms. The lowest BCUT2D eigenvalue weighted by molar-refractivity contribution is 0.0188. The summed E-state index contributed by atoms with van der Waals surface area (Å²) in [5, 5.41) is 9.64. The minimum atomic E-state index is -1.23. The molecule has 0 aliphatic heterocycles. The van der Waals surface area contributed by atoms with Crippen molar-refractivity contribution in [3.63, 3.8) is 0 Å². The van der Waals surface area contributed by atoms with Crippen molar-refractivity contribution in [2.45, 2.75) is 75.4 Å². The van der Waals surface area contributed by atoms with E-state index < -0.39 is 47.0 Å². The summed E-state index contributed by atoms with van der Waals surface area (Å²) in [4.78, 5) is 12.6. The molecule has 0 bridgehead atoms. The lowest BCUT2D eigenvalue weighted by atomic mass is 9.82. The first-order chi connectivity index (χ1) is 17.3. The first-order valence-corrected chi connectivity index (χ1v) is 12.4. The molecule has 194 valence electrons. The highest BCUT2D eigenvalue weighted by molar-refractivity contribution is 5.90. The highest BCUT2D eigenvalue weighted by Crippen LogP contribution is 2.38.